The molecule has 1 rings (SSSR count). The maximum Gasteiger partial charge on any atom is 0.0697 e. The van der Waals surface area contributed by atoms with Crippen LogP contribution in [0.2, 0.25) is 0 Å². The molecule has 1 N–H and O–H groups in total. The maximum atomic E-state index is 8.93. The van der Waals surface area contributed by atoms with E-state index in [2.05, 4.69) is 40.3 Å². The summed E-state index contributed by atoms with van der Waals surface area (Å²) in [6.45, 7) is 6.67. The quantitative estimate of drug-likeness (QED) is 0.914. The average molecular weight is 281 g/mol. The molecular formula is C13H17BrN2. The van der Waals surface area contributed by atoms with Crippen molar-refractivity contribution in [1.29, 1.82) is 5.26 Å². The van der Waals surface area contributed by atoms with Crippen molar-refractivity contribution < 1.29 is 0 Å². The van der Waals surface area contributed by atoms with Gasteiger partial charge in [-0.2, -0.15) is 5.26 Å². The van der Waals surface area contributed by atoms with E-state index in [0.29, 0.717) is 6.54 Å². The first kappa shape index (κ1) is 13.2. The minimum absolute atomic E-state index is 0.239. The highest BCUT2D eigenvalue weighted by molar-refractivity contribution is 9.10. The molecule has 2 nitrogen and oxygen atoms in total. The number of hydrogen-bond acceptors (Lipinski definition) is 2. The van der Waals surface area contributed by atoms with Gasteiger partial charge < -0.3 is 5.32 Å². The van der Waals surface area contributed by atoms with Crippen molar-refractivity contribution in [2.24, 2.45) is 5.41 Å². The molecule has 0 aromatic heterocycles. The number of nitrogens with zero attached hydrogens (tertiary/aromatic N) is 1. The van der Waals surface area contributed by atoms with Crippen molar-refractivity contribution >= 4 is 15.9 Å². The molecule has 1 aromatic rings. The van der Waals surface area contributed by atoms with Crippen molar-refractivity contribution in [3.63, 3.8) is 0 Å². The van der Waals surface area contributed by atoms with Crippen LogP contribution in [0.3, 0.4) is 0 Å². The summed E-state index contributed by atoms with van der Waals surface area (Å²) in [5, 5.41) is 12.3. The van der Waals surface area contributed by atoms with Gasteiger partial charge in [-0.05, 0) is 32.4 Å². The predicted octanol–water partition coefficient (Wildman–Crippen LogP) is 3.65. The van der Waals surface area contributed by atoms with Crippen LogP contribution in [0.5, 0.6) is 0 Å². The summed E-state index contributed by atoms with van der Waals surface area (Å²) in [4.78, 5) is 0. The van der Waals surface area contributed by atoms with Crippen LogP contribution in [-0.2, 0) is 0 Å². The molecular weight excluding hydrogens is 264 g/mol. The maximum absolute atomic E-state index is 8.93. The van der Waals surface area contributed by atoms with Crippen LogP contribution in [0.25, 0.3) is 0 Å². The zero-order chi connectivity index (χ0) is 12.2. The molecule has 0 fully saturated rings. The Kier molecular flexibility index (Phi) is 4.52. The lowest BCUT2D eigenvalue weighted by Crippen LogP contribution is -2.30. The Labute approximate surface area is 106 Å². The minimum atomic E-state index is -0.324. The summed E-state index contributed by atoms with van der Waals surface area (Å²) >= 11 is 3.53. The van der Waals surface area contributed by atoms with Crippen LogP contribution in [0.1, 0.15) is 32.4 Å². The van der Waals surface area contributed by atoms with Crippen molar-refractivity contribution in [1.82, 2.24) is 5.32 Å². The molecule has 0 aliphatic rings. The molecule has 1 atom stereocenters. The second kappa shape index (κ2) is 5.47. The van der Waals surface area contributed by atoms with Crippen LogP contribution in [0.4, 0.5) is 0 Å². The Morgan fingerprint density at radius 2 is 2.06 bits per heavy atom. The van der Waals surface area contributed by atoms with Crippen molar-refractivity contribution in [3.8, 4) is 6.07 Å². The Bertz CT molecular complexity index is 393. The standard InChI is InChI=1S/C13H17BrN2/c1-10(16-9-13(2,3)8-15)11-6-4-5-7-12(11)14/h4-7,10,16H,9H2,1-3H3. The normalized spacial score (nSPS) is 13.2. The zero-order valence-corrected chi connectivity index (χ0v) is 11.5. The molecule has 0 amide bonds. The number of nitrogens with one attached hydrogen (secondary N) is 1. The topological polar surface area (TPSA) is 35.8 Å². The predicted molar refractivity (Wildman–Crippen MR) is 70.0 cm³/mol. The average Bonchev–Trinajstić information content (AvgIpc) is 2.27. The monoisotopic (exact) mass is 280 g/mol. The molecule has 3 heteroatoms. The van der Waals surface area contributed by atoms with Gasteiger partial charge >= 0.3 is 0 Å². The summed E-state index contributed by atoms with van der Waals surface area (Å²) in [5.74, 6) is 0. The van der Waals surface area contributed by atoms with Crippen LogP contribution >= 0.6 is 15.9 Å². The molecule has 0 saturated carbocycles. The second-order valence-electron chi connectivity index (χ2n) is 4.62. The summed E-state index contributed by atoms with van der Waals surface area (Å²) in [6, 6.07) is 10.7. The van der Waals surface area contributed by atoms with Crippen LogP contribution in [0.15, 0.2) is 28.7 Å². The minimum Gasteiger partial charge on any atom is -0.309 e. The Balaban J connectivity index is 2.64. The first-order valence-electron chi connectivity index (χ1n) is 5.35. The second-order valence-corrected chi connectivity index (χ2v) is 5.47. The fraction of sp³-hybridized carbons (Fsp3) is 0.462. The number of halogens is 1. The highest BCUT2D eigenvalue weighted by atomic mass is 79.9. The highest BCUT2D eigenvalue weighted by Gasteiger charge is 2.18. The number of rotatable bonds is 4. The largest absolute Gasteiger partial charge is 0.309 e. The molecule has 86 valence electrons. The summed E-state index contributed by atoms with van der Waals surface area (Å²) in [7, 11) is 0. The van der Waals surface area contributed by atoms with Gasteiger partial charge in [0, 0.05) is 17.1 Å². The van der Waals surface area contributed by atoms with Crippen LogP contribution in [0, 0.1) is 16.7 Å². The molecule has 0 radical (unpaired) electrons. The van der Waals surface area contributed by atoms with E-state index < -0.39 is 0 Å². The number of benzene rings is 1. The highest BCUT2D eigenvalue weighted by Crippen LogP contribution is 2.23. The third kappa shape index (κ3) is 3.62. The molecule has 0 spiro atoms. The van der Waals surface area contributed by atoms with E-state index in [4.69, 9.17) is 5.26 Å². The fourth-order valence-electron chi connectivity index (χ4n) is 1.38. The first-order valence-corrected chi connectivity index (χ1v) is 6.14. The van der Waals surface area contributed by atoms with Gasteiger partial charge in [0.25, 0.3) is 0 Å². The molecule has 0 heterocycles. The van der Waals surface area contributed by atoms with Gasteiger partial charge in [-0.3, -0.25) is 0 Å². The fourth-order valence-corrected chi connectivity index (χ4v) is 2.01. The van der Waals surface area contributed by atoms with E-state index >= 15 is 0 Å². The van der Waals surface area contributed by atoms with Gasteiger partial charge in [-0.25, -0.2) is 0 Å². The van der Waals surface area contributed by atoms with Crippen LogP contribution < -0.4 is 5.32 Å². The van der Waals surface area contributed by atoms with Gasteiger partial charge in [-0.15, -0.1) is 0 Å². The smallest absolute Gasteiger partial charge is 0.0697 e. The lowest BCUT2D eigenvalue weighted by molar-refractivity contribution is 0.415. The molecule has 0 aliphatic heterocycles. The first-order chi connectivity index (χ1) is 7.46. The zero-order valence-electron chi connectivity index (χ0n) is 9.92. The van der Waals surface area contributed by atoms with Gasteiger partial charge in [0.1, 0.15) is 0 Å². The van der Waals surface area contributed by atoms with Gasteiger partial charge in [0.15, 0.2) is 0 Å². The van der Waals surface area contributed by atoms with E-state index in [9.17, 15) is 0 Å². The Morgan fingerprint density at radius 3 is 2.62 bits per heavy atom. The van der Waals surface area contributed by atoms with Crippen LogP contribution in [-0.4, -0.2) is 6.54 Å². The molecule has 16 heavy (non-hydrogen) atoms. The van der Waals surface area contributed by atoms with Crippen molar-refractivity contribution in [3.05, 3.63) is 34.3 Å². The lowest BCUT2D eigenvalue weighted by Gasteiger charge is -2.21. The third-order valence-corrected chi connectivity index (χ3v) is 3.25. The van der Waals surface area contributed by atoms with Crippen molar-refractivity contribution in [2.45, 2.75) is 26.8 Å². The molecule has 0 aliphatic carbocycles. The number of hydrogen-bond donors (Lipinski definition) is 1. The molecule has 0 saturated heterocycles. The van der Waals surface area contributed by atoms with E-state index in [1.54, 1.807) is 0 Å². The molecule has 1 unspecified atom stereocenters. The SMILES string of the molecule is CC(NCC(C)(C)C#N)c1ccccc1Br. The van der Waals surface area contributed by atoms with Gasteiger partial charge in [-0.1, -0.05) is 34.1 Å². The van der Waals surface area contributed by atoms with Gasteiger partial charge in [0.2, 0.25) is 0 Å². The van der Waals surface area contributed by atoms with Gasteiger partial charge in [0.05, 0.1) is 11.5 Å². The lowest BCUT2D eigenvalue weighted by atomic mass is 9.95. The summed E-state index contributed by atoms with van der Waals surface area (Å²) < 4.78 is 1.10. The number of nitriles is 1. The van der Waals surface area contributed by atoms with E-state index in [1.807, 2.05) is 32.0 Å². The summed E-state index contributed by atoms with van der Waals surface area (Å²) in [5.41, 5.74) is 0.895. The molecule has 0 bridgehead atoms. The summed E-state index contributed by atoms with van der Waals surface area (Å²) in [6.07, 6.45) is 0. The van der Waals surface area contributed by atoms with E-state index in [0.717, 1.165) is 4.47 Å². The Morgan fingerprint density at radius 1 is 1.44 bits per heavy atom. The molecule has 1 aromatic carbocycles. The van der Waals surface area contributed by atoms with E-state index in [-0.39, 0.29) is 11.5 Å². The van der Waals surface area contributed by atoms with Crippen molar-refractivity contribution in [2.75, 3.05) is 6.54 Å². The third-order valence-electron chi connectivity index (χ3n) is 2.52. The van der Waals surface area contributed by atoms with E-state index in [1.165, 1.54) is 5.56 Å². The Hall–Kier alpha value is -0.850.